The molecule has 142 valence electrons. The van der Waals surface area contributed by atoms with Gasteiger partial charge in [-0.05, 0) is 36.8 Å². The monoisotopic (exact) mass is 404 g/mol. The van der Waals surface area contributed by atoms with Gasteiger partial charge in [-0.2, -0.15) is 0 Å². The maximum absolute atomic E-state index is 12.7. The van der Waals surface area contributed by atoms with Gasteiger partial charge in [-0.25, -0.2) is 8.42 Å². The minimum Gasteiger partial charge on any atom is -0.489 e. The Morgan fingerprint density at radius 1 is 1.26 bits per heavy atom. The van der Waals surface area contributed by atoms with Gasteiger partial charge in [0.1, 0.15) is 12.4 Å². The van der Waals surface area contributed by atoms with Crippen LogP contribution in [-0.4, -0.2) is 19.6 Å². The number of rotatable bonds is 8. The van der Waals surface area contributed by atoms with E-state index in [0.717, 1.165) is 23.3 Å². The molecule has 0 fully saturated rings. The first-order valence-corrected chi connectivity index (χ1v) is 10.7. The zero-order chi connectivity index (χ0) is 19.4. The van der Waals surface area contributed by atoms with Crippen LogP contribution in [0.15, 0.2) is 64.8 Å². The van der Waals surface area contributed by atoms with E-state index in [1.807, 2.05) is 6.92 Å². The van der Waals surface area contributed by atoms with Crippen molar-refractivity contribution in [1.82, 2.24) is 4.57 Å². The van der Waals surface area contributed by atoms with Crippen molar-refractivity contribution >= 4 is 37.3 Å². The van der Waals surface area contributed by atoms with Gasteiger partial charge in [-0.3, -0.25) is 14.1 Å². The van der Waals surface area contributed by atoms with Crippen LogP contribution in [0.1, 0.15) is 13.3 Å². The van der Waals surface area contributed by atoms with Crippen molar-refractivity contribution in [1.29, 1.82) is 0 Å². The third kappa shape index (κ3) is 4.23. The molecule has 0 radical (unpaired) electrons. The van der Waals surface area contributed by atoms with Gasteiger partial charge in [0.15, 0.2) is 0 Å². The third-order valence-electron chi connectivity index (χ3n) is 3.85. The number of fused-ring (bicyclic) bond motifs is 1. The van der Waals surface area contributed by atoms with Gasteiger partial charge in [0.05, 0.1) is 20.8 Å². The average molecular weight is 405 g/mol. The quantitative estimate of drug-likeness (QED) is 0.579. The van der Waals surface area contributed by atoms with Crippen molar-refractivity contribution in [3.8, 4) is 5.75 Å². The average Bonchev–Trinajstić information content (AvgIpc) is 2.95. The van der Waals surface area contributed by atoms with Crippen LogP contribution in [0.2, 0.25) is 0 Å². The highest BCUT2D eigenvalue weighted by molar-refractivity contribution is 7.92. The number of aryl methyl sites for hydroxylation is 1. The third-order valence-corrected chi connectivity index (χ3v) is 6.17. The minimum atomic E-state index is -3.79. The van der Waals surface area contributed by atoms with Gasteiger partial charge in [-0.15, -0.1) is 0 Å². The van der Waals surface area contributed by atoms with Gasteiger partial charge in [0.2, 0.25) is 0 Å². The smallest absolute Gasteiger partial charge is 0.308 e. The molecule has 0 aliphatic heterocycles. The van der Waals surface area contributed by atoms with Crippen molar-refractivity contribution in [2.24, 2.45) is 0 Å². The molecule has 6 nitrogen and oxygen atoms in total. The largest absolute Gasteiger partial charge is 0.489 e. The van der Waals surface area contributed by atoms with E-state index in [0.29, 0.717) is 29.3 Å². The Balaban J connectivity index is 1.91. The van der Waals surface area contributed by atoms with Crippen LogP contribution in [0.25, 0.3) is 10.2 Å². The summed E-state index contributed by atoms with van der Waals surface area (Å²) in [6.07, 6.45) is 2.44. The van der Waals surface area contributed by atoms with Crippen LogP contribution in [0, 0.1) is 0 Å². The molecular weight excluding hydrogens is 384 g/mol. The van der Waals surface area contributed by atoms with Gasteiger partial charge >= 0.3 is 4.87 Å². The molecule has 3 rings (SSSR count). The summed E-state index contributed by atoms with van der Waals surface area (Å²) in [6.45, 7) is 6.52. The number of nitrogens with one attached hydrogen (secondary N) is 1. The van der Waals surface area contributed by atoms with E-state index in [4.69, 9.17) is 4.74 Å². The van der Waals surface area contributed by atoms with Gasteiger partial charge in [0, 0.05) is 12.6 Å². The second kappa shape index (κ2) is 7.98. The van der Waals surface area contributed by atoms with Crippen molar-refractivity contribution in [2.45, 2.75) is 24.8 Å². The second-order valence-corrected chi connectivity index (χ2v) is 8.56. The van der Waals surface area contributed by atoms with Crippen LogP contribution in [0.5, 0.6) is 5.75 Å². The molecule has 27 heavy (non-hydrogen) atoms. The lowest BCUT2D eigenvalue weighted by Gasteiger charge is -2.10. The Hall–Kier alpha value is -2.58. The second-order valence-electron chi connectivity index (χ2n) is 5.88. The highest BCUT2D eigenvalue weighted by Gasteiger charge is 2.17. The number of anilines is 1. The van der Waals surface area contributed by atoms with Crippen molar-refractivity contribution < 1.29 is 13.2 Å². The molecule has 0 amide bonds. The topological polar surface area (TPSA) is 77.4 Å². The first-order chi connectivity index (χ1) is 12.9. The maximum Gasteiger partial charge on any atom is 0.308 e. The lowest BCUT2D eigenvalue weighted by Crippen LogP contribution is -2.13. The number of sulfonamides is 1. The molecule has 0 atom stereocenters. The summed E-state index contributed by atoms with van der Waals surface area (Å²) in [5.41, 5.74) is 1.15. The lowest BCUT2D eigenvalue weighted by molar-refractivity contribution is 0.363. The summed E-state index contributed by atoms with van der Waals surface area (Å²) in [6, 6.07) is 11.4. The predicted molar refractivity (Wildman–Crippen MR) is 109 cm³/mol. The van der Waals surface area contributed by atoms with E-state index in [9.17, 15) is 13.2 Å². The van der Waals surface area contributed by atoms with Crippen LogP contribution in [0.4, 0.5) is 5.69 Å². The summed E-state index contributed by atoms with van der Waals surface area (Å²) in [4.78, 5) is 12.1. The molecule has 1 aromatic heterocycles. The highest BCUT2D eigenvalue weighted by atomic mass is 32.2. The zero-order valence-corrected chi connectivity index (χ0v) is 16.5. The van der Waals surface area contributed by atoms with Crippen molar-refractivity contribution in [2.75, 3.05) is 11.3 Å². The van der Waals surface area contributed by atoms with Gasteiger partial charge in [0.25, 0.3) is 10.0 Å². The molecular formula is C19H20N2O4S2. The van der Waals surface area contributed by atoms with Crippen LogP contribution in [0.3, 0.4) is 0 Å². The Morgan fingerprint density at radius 3 is 2.81 bits per heavy atom. The van der Waals surface area contributed by atoms with E-state index < -0.39 is 10.0 Å². The summed E-state index contributed by atoms with van der Waals surface area (Å²) < 4.78 is 35.8. The van der Waals surface area contributed by atoms with Gasteiger partial charge < -0.3 is 4.74 Å². The molecule has 0 saturated heterocycles. The van der Waals surface area contributed by atoms with Crippen LogP contribution < -0.4 is 14.3 Å². The first-order valence-electron chi connectivity index (χ1n) is 8.44. The molecule has 2 aromatic carbocycles. The standard InChI is InChI=1S/C19H20N2O4S2/c1-3-10-21-17-9-8-16(13-18(17)26-19(21)22)27(23,24)20-14-6-5-7-15(12-14)25-11-4-2/h4-9,12-13,20H,2-3,10-11H2,1H3. The molecule has 0 aliphatic carbocycles. The van der Waals surface area contributed by atoms with Crippen molar-refractivity contribution in [3.05, 3.63) is 64.8 Å². The molecule has 0 saturated carbocycles. The van der Waals surface area contributed by atoms with E-state index >= 15 is 0 Å². The predicted octanol–water partition coefficient (Wildman–Crippen LogP) is 3.84. The summed E-state index contributed by atoms with van der Waals surface area (Å²) >= 11 is 1.05. The molecule has 0 bridgehead atoms. The molecule has 0 unspecified atom stereocenters. The highest BCUT2D eigenvalue weighted by Crippen LogP contribution is 2.25. The Morgan fingerprint density at radius 2 is 2.07 bits per heavy atom. The number of nitrogens with zero attached hydrogens (tertiary/aromatic N) is 1. The first kappa shape index (κ1) is 19.2. The fourth-order valence-corrected chi connectivity index (χ4v) is 4.77. The fourth-order valence-electron chi connectivity index (χ4n) is 2.67. The maximum atomic E-state index is 12.7. The molecule has 8 heteroatoms. The normalized spacial score (nSPS) is 11.4. The summed E-state index contributed by atoms with van der Waals surface area (Å²) in [5, 5.41) is 0. The number of ether oxygens (including phenoxy) is 1. The number of hydrogen-bond donors (Lipinski definition) is 1. The minimum absolute atomic E-state index is 0.0820. The summed E-state index contributed by atoms with van der Waals surface area (Å²) in [5.74, 6) is 0.542. The van der Waals surface area contributed by atoms with Crippen molar-refractivity contribution in [3.63, 3.8) is 0 Å². The number of thiazole rings is 1. The molecule has 1 N–H and O–H groups in total. The number of aromatic nitrogens is 1. The lowest BCUT2D eigenvalue weighted by atomic mass is 10.3. The fraction of sp³-hybridized carbons (Fsp3) is 0.211. The number of hydrogen-bond acceptors (Lipinski definition) is 5. The Bertz CT molecular complexity index is 1130. The molecule has 0 aliphatic rings. The zero-order valence-electron chi connectivity index (χ0n) is 14.8. The molecule has 3 aromatic rings. The van der Waals surface area contributed by atoms with E-state index in [2.05, 4.69) is 11.3 Å². The van der Waals surface area contributed by atoms with E-state index in [1.54, 1.807) is 41.0 Å². The number of benzene rings is 2. The SMILES string of the molecule is C=CCOc1cccc(NS(=O)(=O)c2ccc3c(c2)sc(=O)n3CCC)c1. The molecule has 0 spiro atoms. The van der Waals surface area contributed by atoms with Gasteiger partial charge in [-0.1, -0.05) is 37.0 Å². The van der Waals surface area contributed by atoms with Crippen LogP contribution >= 0.6 is 11.3 Å². The van der Waals surface area contributed by atoms with Crippen LogP contribution in [-0.2, 0) is 16.6 Å². The Kier molecular flexibility index (Phi) is 5.67. The Labute approximate surface area is 161 Å². The van der Waals surface area contributed by atoms with E-state index in [-0.39, 0.29) is 9.77 Å². The molecule has 1 heterocycles. The summed E-state index contributed by atoms with van der Waals surface area (Å²) in [7, 11) is -3.79. The van der Waals surface area contributed by atoms with E-state index in [1.165, 1.54) is 12.1 Å².